The minimum Gasteiger partial charge on any atom is -0.476 e. The number of sulfonamides is 1. The molecule has 1 atom stereocenters. The molecule has 0 aliphatic heterocycles. The predicted molar refractivity (Wildman–Crippen MR) is 125 cm³/mol. The largest absolute Gasteiger partial charge is 0.476 e. The average molecular weight is 529 g/mol. The Bertz CT molecular complexity index is 1240. The Hall–Kier alpha value is -2.93. The molecule has 13 heteroatoms. The number of hydrogen-bond acceptors (Lipinski definition) is 7. The topological polar surface area (TPSA) is 131 Å². The fraction of sp³-hybridized carbons (Fsp3) is 0.522. The van der Waals surface area contributed by atoms with E-state index in [-0.39, 0.29) is 47.8 Å². The number of carbonyl (C=O) groups excluding carboxylic acids is 1. The molecule has 2 aliphatic rings. The van der Waals surface area contributed by atoms with Crippen LogP contribution in [0.5, 0.6) is 5.88 Å². The predicted octanol–water partition coefficient (Wildman–Crippen LogP) is 3.21. The summed E-state index contributed by atoms with van der Waals surface area (Å²) in [7, 11) is -3.54. The molecule has 1 heterocycles. The number of nitrogens with zero attached hydrogens (tertiary/aromatic N) is 2. The molecule has 1 aromatic carbocycles. The first-order valence-electron chi connectivity index (χ1n) is 11.4. The molecule has 2 aromatic rings. The fourth-order valence-electron chi connectivity index (χ4n) is 3.65. The second-order valence-electron chi connectivity index (χ2n) is 9.59. The SMILES string of the molecule is CC(O)(CNC(=O)c1nc(-c2ccc(NS(C)(=O)=O)cc2)c(OCC2CC2)nc1C(F)(F)F)C1CC1. The van der Waals surface area contributed by atoms with E-state index in [4.69, 9.17) is 4.74 Å². The lowest BCUT2D eigenvalue weighted by Gasteiger charge is -2.23. The zero-order valence-corrected chi connectivity index (χ0v) is 20.5. The standard InChI is InChI=1S/C23H27F3N4O5S/c1-22(32,15-7-8-15)12-27-20(31)18-19(23(24,25)26)29-21(35-11-13-3-4-13)17(28-18)14-5-9-16(10-6-14)30-36(2,33)34/h5-6,9-10,13,15,30,32H,3-4,7-8,11-12H2,1-2H3,(H,27,31). The number of alkyl halides is 3. The van der Waals surface area contributed by atoms with E-state index in [0.717, 1.165) is 31.9 Å². The van der Waals surface area contributed by atoms with Crippen molar-refractivity contribution in [3.05, 3.63) is 35.7 Å². The molecule has 0 bridgehead atoms. The Labute approximate surface area is 206 Å². The highest BCUT2D eigenvalue weighted by atomic mass is 32.2. The highest BCUT2D eigenvalue weighted by Gasteiger charge is 2.42. The summed E-state index contributed by atoms with van der Waals surface area (Å²) >= 11 is 0. The second kappa shape index (κ2) is 9.51. The molecule has 3 N–H and O–H groups in total. The van der Waals surface area contributed by atoms with E-state index in [1.165, 1.54) is 31.2 Å². The van der Waals surface area contributed by atoms with E-state index < -0.39 is 39.1 Å². The van der Waals surface area contributed by atoms with Gasteiger partial charge in [0.1, 0.15) is 5.69 Å². The monoisotopic (exact) mass is 528 g/mol. The highest BCUT2D eigenvalue weighted by Crippen LogP contribution is 2.40. The van der Waals surface area contributed by atoms with Crippen molar-refractivity contribution in [2.45, 2.75) is 44.4 Å². The third kappa shape index (κ3) is 6.64. The van der Waals surface area contributed by atoms with Gasteiger partial charge in [-0.05, 0) is 56.6 Å². The van der Waals surface area contributed by atoms with Gasteiger partial charge in [0.05, 0.1) is 18.5 Å². The number of rotatable bonds is 10. The number of aliphatic hydroxyl groups is 1. The molecule has 196 valence electrons. The summed E-state index contributed by atoms with van der Waals surface area (Å²) in [5.74, 6) is -1.32. The minimum absolute atomic E-state index is 0.0289. The number of carbonyl (C=O) groups is 1. The van der Waals surface area contributed by atoms with E-state index in [0.29, 0.717) is 0 Å². The molecule has 36 heavy (non-hydrogen) atoms. The van der Waals surface area contributed by atoms with Crippen LogP contribution in [0, 0.1) is 11.8 Å². The molecule has 9 nitrogen and oxygen atoms in total. The van der Waals surface area contributed by atoms with Gasteiger partial charge < -0.3 is 15.2 Å². The molecule has 2 saturated carbocycles. The summed E-state index contributed by atoms with van der Waals surface area (Å²) in [5.41, 5.74) is -3.26. The first kappa shape index (κ1) is 26.1. The lowest BCUT2D eigenvalue weighted by molar-refractivity contribution is -0.142. The van der Waals surface area contributed by atoms with Crippen LogP contribution in [0.4, 0.5) is 18.9 Å². The van der Waals surface area contributed by atoms with Crippen LogP contribution in [0.3, 0.4) is 0 Å². The average Bonchev–Trinajstić information content (AvgIpc) is 3.68. The summed E-state index contributed by atoms with van der Waals surface area (Å²) in [6, 6.07) is 5.70. The second-order valence-corrected chi connectivity index (χ2v) is 11.3. The van der Waals surface area contributed by atoms with Crippen LogP contribution in [0.2, 0.25) is 0 Å². The summed E-state index contributed by atoms with van der Waals surface area (Å²) < 4.78 is 72.5. The van der Waals surface area contributed by atoms with Gasteiger partial charge in [0, 0.05) is 17.8 Å². The fourth-order valence-corrected chi connectivity index (χ4v) is 4.21. The molecule has 2 fully saturated rings. The number of halogens is 3. The highest BCUT2D eigenvalue weighted by molar-refractivity contribution is 7.92. The molecular weight excluding hydrogens is 501 g/mol. The molecular formula is C23H27F3N4O5S. The van der Waals surface area contributed by atoms with Crippen molar-refractivity contribution < 1.29 is 36.2 Å². The van der Waals surface area contributed by atoms with Gasteiger partial charge in [-0.2, -0.15) is 13.2 Å². The molecule has 0 radical (unpaired) electrons. The van der Waals surface area contributed by atoms with Crippen LogP contribution in [0.25, 0.3) is 11.3 Å². The Balaban J connectivity index is 1.71. The lowest BCUT2D eigenvalue weighted by Crippen LogP contribution is -2.43. The van der Waals surface area contributed by atoms with Crippen LogP contribution in [0.15, 0.2) is 24.3 Å². The number of anilines is 1. The van der Waals surface area contributed by atoms with Crippen molar-refractivity contribution in [3.63, 3.8) is 0 Å². The van der Waals surface area contributed by atoms with Gasteiger partial charge in [0.25, 0.3) is 5.91 Å². The Kier molecular flexibility index (Phi) is 6.90. The summed E-state index contributed by atoms with van der Waals surface area (Å²) in [6.45, 7) is 1.44. The van der Waals surface area contributed by atoms with Crippen molar-refractivity contribution >= 4 is 21.6 Å². The number of nitrogens with one attached hydrogen (secondary N) is 2. The van der Waals surface area contributed by atoms with E-state index in [9.17, 15) is 31.5 Å². The van der Waals surface area contributed by atoms with Crippen LogP contribution >= 0.6 is 0 Å². The Morgan fingerprint density at radius 3 is 2.31 bits per heavy atom. The number of amides is 1. The van der Waals surface area contributed by atoms with Gasteiger partial charge in [-0.1, -0.05) is 12.1 Å². The molecule has 0 saturated heterocycles. The molecule has 2 aliphatic carbocycles. The van der Waals surface area contributed by atoms with Crippen molar-refractivity contribution in [3.8, 4) is 17.1 Å². The maximum absolute atomic E-state index is 13.9. The van der Waals surface area contributed by atoms with Crippen molar-refractivity contribution in [1.29, 1.82) is 0 Å². The summed E-state index contributed by atoms with van der Waals surface area (Å²) in [5, 5.41) is 12.8. The van der Waals surface area contributed by atoms with Crippen LogP contribution in [0.1, 0.15) is 48.8 Å². The van der Waals surface area contributed by atoms with Gasteiger partial charge >= 0.3 is 6.18 Å². The van der Waals surface area contributed by atoms with Gasteiger partial charge in [0.15, 0.2) is 11.4 Å². The van der Waals surface area contributed by atoms with Crippen LogP contribution in [-0.4, -0.2) is 54.4 Å². The molecule has 4 rings (SSSR count). The number of ether oxygens (including phenoxy) is 1. The van der Waals surface area contributed by atoms with Gasteiger partial charge in [-0.3, -0.25) is 9.52 Å². The summed E-state index contributed by atoms with van der Waals surface area (Å²) in [4.78, 5) is 20.5. The number of hydrogen-bond donors (Lipinski definition) is 3. The number of benzene rings is 1. The molecule has 0 spiro atoms. The maximum atomic E-state index is 13.9. The lowest BCUT2D eigenvalue weighted by atomic mass is 10.0. The van der Waals surface area contributed by atoms with Crippen molar-refractivity contribution in [1.82, 2.24) is 15.3 Å². The Morgan fingerprint density at radius 2 is 1.78 bits per heavy atom. The minimum atomic E-state index is -4.99. The maximum Gasteiger partial charge on any atom is 0.435 e. The first-order chi connectivity index (χ1) is 16.7. The molecule has 1 unspecified atom stereocenters. The van der Waals surface area contributed by atoms with Crippen molar-refractivity contribution in [2.24, 2.45) is 11.8 Å². The summed E-state index contributed by atoms with van der Waals surface area (Å²) in [6.07, 6.45) is -0.671. The third-order valence-electron chi connectivity index (χ3n) is 6.03. The van der Waals surface area contributed by atoms with E-state index in [1.807, 2.05) is 0 Å². The molecule has 1 amide bonds. The Morgan fingerprint density at radius 1 is 1.14 bits per heavy atom. The smallest absolute Gasteiger partial charge is 0.435 e. The zero-order chi connectivity index (χ0) is 26.3. The normalized spacial score (nSPS) is 17.8. The molecule has 1 aromatic heterocycles. The quantitative estimate of drug-likeness (QED) is 0.432. The van der Waals surface area contributed by atoms with Gasteiger partial charge in [0.2, 0.25) is 15.9 Å². The number of aromatic nitrogens is 2. The van der Waals surface area contributed by atoms with E-state index in [1.54, 1.807) is 0 Å². The van der Waals surface area contributed by atoms with Gasteiger partial charge in [-0.15, -0.1) is 0 Å². The van der Waals surface area contributed by atoms with Gasteiger partial charge in [-0.25, -0.2) is 18.4 Å². The van der Waals surface area contributed by atoms with E-state index >= 15 is 0 Å². The van der Waals surface area contributed by atoms with E-state index in [2.05, 4.69) is 20.0 Å². The first-order valence-corrected chi connectivity index (χ1v) is 13.3. The third-order valence-corrected chi connectivity index (χ3v) is 6.63. The van der Waals surface area contributed by atoms with Crippen LogP contribution < -0.4 is 14.8 Å². The van der Waals surface area contributed by atoms with Crippen LogP contribution in [-0.2, 0) is 16.2 Å². The van der Waals surface area contributed by atoms with Crippen molar-refractivity contribution in [2.75, 3.05) is 24.1 Å². The zero-order valence-electron chi connectivity index (χ0n) is 19.7.